The van der Waals surface area contributed by atoms with Crippen molar-refractivity contribution in [2.45, 2.75) is 0 Å². The van der Waals surface area contributed by atoms with E-state index in [0.29, 0.717) is 0 Å². The Hall–Kier alpha value is -0.681. The van der Waals surface area contributed by atoms with Crippen LogP contribution in [0.15, 0.2) is 0 Å². The predicted octanol–water partition coefficient (Wildman–Crippen LogP) is -5.07. The van der Waals surface area contributed by atoms with E-state index in [0.717, 1.165) is 9.80 Å². The number of carboxylic acid groups (broad SMARTS) is 4. The van der Waals surface area contributed by atoms with Gasteiger partial charge < -0.3 is 20.4 Å². The molecule has 0 aliphatic carbocycles. The molecular weight excluding hydrogens is 355 g/mol. The van der Waals surface area contributed by atoms with E-state index in [2.05, 4.69) is 0 Å². The largest absolute Gasteiger partial charge is 3.00 e. The fraction of sp³-hybridized carbons (Fsp3) is 0.600. The van der Waals surface area contributed by atoms with Gasteiger partial charge in [-0.2, -0.15) is 0 Å². The molecule has 0 aliphatic rings. The summed E-state index contributed by atoms with van der Waals surface area (Å²) in [5.41, 5.74) is 0. The summed E-state index contributed by atoms with van der Waals surface area (Å²) in [7, 11) is 0. The average molecular weight is 371 g/mol. The van der Waals surface area contributed by atoms with Gasteiger partial charge in [0.25, 0.3) is 0 Å². The van der Waals surface area contributed by atoms with Crippen molar-refractivity contribution < 1.29 is 86.2 Å². The Morgan fingerprint density at radius 1 is 0.591 bits per heavy atom. The molecule has 0 saturated carbocycles. The molecule has 0 spiro atoms. The number of carboxylic acids is 4. The van der Waals surface area contributed by atoms with Gasteiger partial charge in [-0.05, 0) is 0 Å². The van der Waals surface area contributed by atoms with Crippen molar-refractivity contribution in [2.75, 3.05) is 39.3 Å². The average Bonchev–Trinajstić information content (AvgIpc) is 2.22. The maximum absolute atomic E-state index is 10.6. The van der Waals surface area contributed by atoms with Crippen LogP contribution in [0.25, 0.3) is 0 Å². The van der Waals surface area contributed by atoms with Crippen LogP contribution in [0, 0.1) is 0 Å². The van der Waals surface area contributed by atoms with Crippen LogP contribution in [0.4, 0.5) is 0 Å². The summed E-state index contributed by atoms with van der Waals surface area (Å²) >= 11 is 0. The molecule has 0 aliphatic heterocycles. The van der Waals surface area contributed by atoms with Gasteiger partial charge in [0.05, 0.1) is 26.2 Å². The Balaban J connectivity index is -0.00000180. The molecule has 0 rings (SSSR count). The molecular formula is C10H16FeN2NaO8+4. The van der Waals surface area contributed by atoms with E-state index >= 15 is 0 Å². The van der Waals surface area contributed by atoms with Crippen LogP contribution < -0.4 is 29.6 Å². The first-order valence-corrected chi connectivity index (χ1v) is 5.52. The van der Waals surface area contributed by atoms with Crippen LogP contribution in [-0.2, 0) is 36.2 Å². The number of rotatable bonds is 11. The van der Waals surface area contributed by atoms with Crippen molar-refractivity contribution in [3.63, 3.8) is 0 Å². The zero-order valence-electron chi connectivity index (χ0n) is 11.9. The van der Waals surface area contributed by atoms with E-state index in [4.69, 9.17) is 20.4 Å². The van der Waals surface area contributed by atoms with Crippen molar-refractivity contribution in [1.82, 2.24) is 9.80 Å². The molecule has 0 aromatic heterocycles. The molecule has 0 atom stereocenters. The fourth-order valence-corrected chi connectivity index (χ4v) is 1.48. The van der Waals surface area contributed by atoms with Crippen LogP contribution in [0.1, 0.15) is 0 Å². The van der Waals surface area contributed by atoms with E-state index < -0.39 is 50.1 Å². The van der Waals surface area contributed by atoms with Gasteiger partial charge in [0, 0.05) is 13.1 Å². The van der Waals surface area contributed by atoms with Crippen molar-refractivity contribution in [2.24, 2.45) is 0 Å². The monoisotopic (exact) mass is 371 g/mol. The van der Waals surface area contributed by atoms with Crippen LogP contribution in [0.5, 0.6) is 0 Å². The third-order valence-corrected chi connectivity index (χ3v) is 2.17. The first-order valence-electron chi connectivity index (χ1n) is 5.52. The third-order valence-electron chi connectivity index (χ3n) is 2.17. The topological polar surface area (TPSA) is 156 Å². The Kier molecular flexibility index (Phi) is 16.6. The van der Waals surface area contributed by atoms with E-state index in [1.807, 2.05) is 0 Å². The summed E-state index contributed by atoms with van der Waals surface area (Å²) in [6, 6.07) is 0. The number of carbonyl (C=O) groups is 4. The van der Waals surface area contributed by atoms with E-state index in [9.17, 15) is 19.2 Å². The molecule has 22 heavy (non-hydrogen) atoms. The molecule has 0 fully saturated rings. The zero-order valence-corrected chi connectivity index (χ0v) is 15.0. The summed E-state index contributed by atoms with van der Waals surface area (Å²) in [6.45, 7) is -2.25. The van der Waals surface area contributed by atoms with Gasteiger partial charge in [0.15, 0.2) is 0 Å². The second-order valence-corrected chi connectivity index (χ2v) is 4.00. The second kappa shape index (κ2) is 13.9. The van der Waals surface area contributed by atoms with Gasteiger partial charge >= 0.3 is 70.5 Å². The molecule has 0 bridgehead atoms. The minimum Gasteiger partial charge on any atom is -0.480 e. The predicted molar refractivity (Wildman–Crippen MR) is 63.4 cm³/mol. The third kappa shape index (κ3) is 15.7. The van der Waals surface area contributed by atoms with Gasteiger partial charge in [0.1, 0.15) is 0 Å². The van der Waals surface area contributed by atoms with Crippen LogP contribution in [0.2, 0.25) is 0 Å². The summed E-state index contributed by atoms with van der Waals surface area (Å²) in [6.07, 6.45) is 0. The Labute approximate surface area is 158 Å². The van der Waals surface area contributed by atoms with E-state index in [1.165, 1.54) is 0 Å². The first-order chi connectivity index (χ1) is 9.20. The van der Waals surface area contributed by atoms with Crippen LogP contribution >= 0.6 is 0 Å². The molecule has 0 saturated heterocycles. The number of hydrogen-bond acceptors (Lipinski definition) is 6. The molecule has 0 aromatic rings. The van der Waals surface area contributed by atoms with Crippen molar-refractivity contribution in [1.29, 1.82) is 0 Å². The summed E-state index contributed by atoms with van der Waals surface area (Å²) in [5, 5.41) is 34.5. The molecule has 12 heteroatoms. The SMILES string of the molecule is O=C(O)CN(CCN(CC(=O)O)CC(=O)O)CC(=O)O.[Fe+3].[Na+]. The van der Waals surface area contributed by atoms with Crippen molar-refractivity contribution in [3.05, 3.63) is 0 Å². The first kappa shape index (κ1) is 26.2. The summed E-state index contributed by atoms with van der Waals surface area (Å²) in [5.74, 6) is -4.91. The Bertz CT molecular complexity index is 327. The van der Waals surface area contributed by atoms with Gasteiger partial charge in [-0.1, -0.05) is 0 Å². The van der Waals surface area contributed by atoms with Gasteiger partial charge in [-0.15, -0.1) is 0 Å². The molecule has 0 amide bonds. The number of aliphatic carboxylic acids is 4. The Morgan fingerprint density at radius 2 is 0.773 bits per heavy atom. The quantitative estimate of drug-likeness (QED) is 0.259. The zero-order chi connectivity index (χ0) is 15.7. The second-order valence-electron chi connectivity index (χ2n) is 4.00. The molecule has 1 radical (unpaired) electrons. The molecule has 0 aromatic carbocycles. The molecule has 0 heterocycles. The molecule has 4 N–H and O–H groups in total. The summed E-state index contributed by atoms with van der Waals surface area (Å²) < 4.78 is 0. The normalized spacial score (nSPS) is 9.73. The summed E-state index contributed by atoms with van der Waals surface area (Å²) in [4.78, 5) is 44.4. The minimum atomic E-state index is -1.23. The maximum Gasteiger partial charge on any atom is 3.00 e. The van der Waals surface area contributed by atoms with Gasteiger partial charge in [0.2, 0.25) is 0 Å². The van der Waals surface area contributed by atoms with E-state index in [1.54, 1.807) is 0 Å². The van der Waals surface area contributed by atoms with Crippen LogP contribution in [-0.4, -0.2) is 93.4 Å². The maximum atomic E-state index is 10.6. The Morgan fingerprint density at radius 3 is 0.909 bits per heavy atom. The van der Waals surface area contributed by atoms with E-state index in [-0.39, 0.29) is 59.7 Å². The fourth-order valence-electron chi connectivity index (χ4n) is 1.48. The van der Waals surface area contributed by atoms with Gasteiger partial charge in [-0.3, -0.25) is 29.0 Å². The van der Waals surface area contributed by atoms with Crippen molar-refractivity contribution in [3.8, 4) is 0 Å². The standard InChI is InChI=1S/C10H16N2O8.Fe.Na/c13-7(14)3-11(4-8(15)16)1-2-12(5-9(17)18)6-10(19)20;;/h1-6H2,(H,13,14)(H,15,16)(H,17,18)(H,19,20);;/q;+3;+1. The smallest absolute Gasteiger partial charge is 0.480 e. The minimum absolute atomic E-state index is 0. The van der Waals surface area contributed by atoms with Gasteiger partial charge in [-0.25, -0.2) is 0 Å². The number of hydrogen-bond donors (Lipinski definition) is 4. The van der Waals surface area contributed by atoms with Crippen molar-refractivity contribution >= 4 is 23.9 Å². The number of nitrogens with zero attached hydrogens (tertiary/aromatic N) is 2. The molecule has 119 valence electrons. The molecule has 10 nitrogen and oxygen atoms in total. The van der Waals surface area contributed by atoms with Crippen LogP contribution in [0.3, 0.4) is 0 Å². The molecule has 0 unspecified atom stereocenters.